The number of amides is 2. The molecule has 1 fully saturated rings. The summed E-state index contributed by atoms with van der Waals surface area (Å²) in [4.78, 5) is 34.5. The fraction of sp³-hybridized carbons (Fsp3) is 0.355. The van der Waals surface area contributed by atoms with Crippen molar-refractivity contribution in [1.82, 2.24) is 10.2 Å². The molecule has 6 nitrogen and oxygen atoms in total. The molecule has 1 N–H and O–H groups in total. The Balaban J connectivity index is 1.15. The van der Waals surface area contributed by atoms with Crippen molar-refractivity contribution in [1.29, 1.82) is 0 Å². The Morgan fingerprint density at radius 1 is 1.03 bits per heavy atom. The Labute approximate surface area is 240 Å². The summed E-state index contributed by atoms with van der Waals surface area (Å²) >= 11 is 7.65. The quantitative estimate of drug-likeness (QED) is 0.407. The second-order valence-corrected chi connectivity index (χ2v) is 11.9. The number of aryl methyl sites for hydroxylation is 1. The molecule has 1 saturated heterocycles. The van der Waals surface area contributed by atoms with E-state index in [4.69, 9.17) is 11.6 Å². The van der Waals surface area contributed by atoms with Crippen molar-refractivity contribution in [2.24, 2.45) is 5.92 Å². The molecule has 2 atom stereocenters. The molecular formula is C31H35ClN4O2S. The number of nitrogens with one attached hydrogen (secondary N) is 1. The summed E-state index contributed by atoms with van der Waals surface area (Å²) in [7, 11) is 0. The number of nitrogens with zero attached hydrogens (tertiary/aromatic N) is 3. The molecule has 0 bridgehead atoms. The first-order valence-corrected chi connectivity index (χ1v) is 14.8. The van der Waals surface area contributed by atoms with Crippen LogP contribution < -0.4 is 15.1 Å². The van der Waals surface area contributed by atoms with E-state index in [1.54, 1.807) is 0 Å². The van der Waals surface area contributed by atoms with Crippen LogP contribution in [0.3, 0.4) is 0 Å². The molecule has 0 radical (unpaired) electrons. The minimum atomic E-state index is -0.466. The van der Waals surface area contributed by atoms with Crippen molar-refractivity contribution in [2.45, 2.75) is 30.5 Å². The van der Waals surface area contributed by atoms with Crippen LogP contribution in [-0.2, 0) is 16.1 Å². The molecule has 2 heterocycles. The smallest absolute Gasteiger partial charge is 0.241 e. The van der Waals surface area contributed by atoms with Gasteiger partial charge in [-0.1, -0.05) is 66.6 Å². The van der Waals surface area contributed by atoms with Gasteiger partial charge in [0.15, 0.2) is 0 Å². The molecule has 0 aliphatic carbocycles. The van der Waals surface area contributed by atoms with Crippen LogP contribution >= 0.6 is 23.4 Å². The van der Waals surface area contributed by atoms with Gasteiger partial charge < -0.3 is 15.1 Å². The van der Waals surface area contributed by atoms with Gasteiger partial charge >= 0.3 is 0 Å². The Morgan fingerprint density at radius 3 is 2.51 bits per heavy atom. The molecule has 204 valence electrons. The lowest BCUT2D eigenvalue weighted by atomic mass is 10.0. The number of fused-ring (bicyclic) bond motifs is 1. The molecule has 3 aromatic carbocycles. The van der Waals surface area contributed by atoms with Gasteiger partial charge in [0.25, 0.3) is 0 Å². The van der Waals surface area contributed by atoms with Gasteiger partial charge in [-0.05, 0) is 42.8 Å². The fourth-order valence-electron chi connectivity index (χ4n) is 5.13. The van der Waals surface area contributed by atoms with E-state index in [0.29, 0.717) is 13.1 Å². The van der Waals surface area contributed by atoms with Crippen LogP contribution in [0.25, 0.3) is 0 Å². The van der Waals surface area contributed by atoms with Gasteiger partial charge in [0, 0.05) is 54.9 Å². The first kappa shape index (κ1) is 27.6. The number of piperazine rings is 1. The van der Waals surface area contributed by atoms with E-state index in [1.165, 1.54) is 17.3 Å². The van der Waals surface area contributed by atoms with Crippen molar-refractivity contribution in [3.05, 3.63) is 88.9 Å². The lowest BCUT2D eigenvalue weighted by Crippen LogP contribution is -2.50. The molecule has 39 heavy (non-hydrogen) atoms. The Kier molecular flexibility index (Phi) is 8.80. The predicted molar refractivity (Wildman–Crippen MR) is 161 cm³/mol. The Hall–Kier alpha value is -3.00. The first-order chi connectivity index (χ1) is 18.9. The van der Waals surface area contributed by atoms with Crippen LogP contribution in [-0.4, -0.2) is 61.2 Å². The Bertz CT molecular complexity index is 1310. The molecular weight excluding hydrogens is 528 g/mol. The zero-order valence-electron chi connectivity index (χ0n) is 22.5. The molecule has 2 aliphatic heterocycles. The van der Waals surface area contributed by atoms with Crippen molar-refractivity contribution in [3.8, 4) is 0 Å². The zero-order valence-corrected chi connectivity index (χ0v) is 24.0. The number of para-hydroxylation sites is 1. The Morgan fingerprint density at radius 2 is 1.77 bits per heavy atom. The molecule has 0 aromatic heterocycles. The van der Waals surface area contributed by atoms with Gasteiger partial charge in [0.05, 0.1) is 18.2 Å². The van der Waals surface area contributed by atoms with Crippen LogP contribution in [0.15, 0.2) is 77.7 Å². The largest absolute Gasteiger partial charge is 0.369 e. The molecule has 5 rings (SSSR count). The summed E-state index contributed by atoms with van der Waals surface area (Å²) < 4.78 is 0. The number of hydrogen-bond donors (Lipinski definition) is 1. The SMILES string of the molecule is Cc1ccc(CN2C(=O)[C@H]([C@@H](C)C(=O)NCCN3CCN(c4cccc(Cl)c4)CC3)Sc3ccccc32)cc1. The van der Waals surface area contributed by atoms with Crippen molar-refractivity contribution in [2.75, 3.05) is 49.1 Å². The first-order valence-electron chi connectivity index (χ1n) is 13.5. The number of hydrogen-bond acceptors (Lipinski definition) is 5. The monoisotopic (exact) mass is 562 g/mol. The highest BCUT2D eigenvalue weighted by Crippen LogP contribution is 2.42. The lowest BCUT2D eigenvalue weighted by Gasteiger charge is -2.37. The minimum Gasteiger partial charge on any atom is -0.369 e. The average Bonchev–Trinajstić information content (AvgIpc) is 2.95. The topological polar surface area (TPSA) is 55.9 Å². The molecule has 8 heteroatoms. The normalized spacial score (nSPS) is 18.5. The van der Waals surface area contributed by atoms with Gasteiger partial charge in [0.2, 0.25) is 11.8 Å². The van der Waals surface area contributed by atoms with Gasteiger partial charge in [-0.15, -0.1) is 11.8 Å². The minimum absolute atomic E-state index is 0.0148. The van der Waals surface area contributed by atoms with Crippen LogP contribution in [0.4, 0.5) is 11.4 Å². The molecule has 0 saturated carbocycles. The van der Waals surface area contributed by atoms with E-state index in [9.17, 15) is 9.59 Å². The summed E-state index contributed by atoms with van der Waals surface area (Å²) in [6, 6.07) is 24.2. The average molecular weight is 563 g/mol. The van der Waals surface area contributed by atoms with E-state index in [2.05, 4.69) is 52.4 Å². The molecule has 2 amide bonds. The van der Waals surface area contributed by atoms with Crippen molar-refractivity contribution >= 4 is 46.6 Å². The number of rotatable bonds is 8. The van der Waals surface area contributed by atoms with Gasteiger partial charge in [0.1, 0.15) is 5.25 Å². The van der Waals surface area contributed by atoms with Crippen LogP contribution in [0, 0.1) is 12.8 Å². The van der Waals surface area contributed by atoms with Crippen LogP contribution in [0.1, 0.15) is 18.1 Å². The van der Waals surface area contributed by atoms with Crippen molar-refractivity contribution < 1.29 is 9.59 Å². The molecule has 3 aromatic rings. The molecule has 0 unspecified atom stereocenters. The number of thioether (sulfide) groups is 1. The summed E-state index contributed by atoms with van der Waals surface area (Å²) in [5.41, 5.74) is 4.32. The summed E-state index contributed by atoms with van der Waals surface area (Å²) in [6.07, 6.45) is 0. The third-order valence-corrected chi connectivity index (χ3v) is 9.22. The summed E-state index contributed by atoms with van der Waals surface area (Å²) in [6.45, 7) is 9.47. The fourth-order valence-corrected chi connectivity index (χ4v) is 6.60. The number of halogens is 1. The maximum atomic E-state index is 13.7. The van der Waals surface area contributed by atoms with Crippen LogP contribution in [0.2, 0.25) is 5.02 Å². The standard InChI is InChI=1S/C31H35ClN4O2S/c1-22-10-12-24(13-11-22)21-36-27-8-3-4-9-28(27)39-29(31(36)38)23(2)30(37)33-14-15-34-16-18-35(19-17-34)26-7-5-6-25(32)20-26/h3-13,20,23,29H,14-19,21H2,1-2H3,(H,33,37)/t23-,29+/m1/s1. The number of carbonyl (C=O) groups excluding carboxylic acids is 2. The van der Waals surface area contributed by atoms with Gasteiger partial charge in [-0.3, -0.25) is 14.5 Å². The lowest BCUT2D eigenvalue weighted by molar-refractivity contribution is -0.128. The second kappa shape index (κ2) is 12.5. The van der Waals surface area contributed by atoms with E-state index < -0.39 is 11.2 Å². The third kappa shape index (κ3) is 6.60. The molecule has 0 spiro atoms. The highest BCUT2D eigenvalue weighted by atomic mass is 35.5. The van der Waals surface area contributed by atoms with E-state index in [-0.39, 0.29) is 11.8 Å². The number of benzene rings is 3. The van der Waals surface area contributed by atoms with Gasteiger partial charge in [-0.2, -0.15) is 0 Å². The van der Waals surface area contributed by atoms with Crippen molar-refractivity contribution in [3.63, 3.8) is 0 Å². The predicted octanol–water partition coefficient (Wildman–Crippen LogP) is 5.23. The van der Waals surface area contributed by atoms with E-state index in [1.807, 2.05) is 54.3 Å². The summed E-state index contributed by atoms with van der Waals surface area (Å²) in [5.74, 6) is -0.539. The maximum absolute atomic E-state index is 13.7. The second-order valence-electron chi connectivity index (χ2n) is 10.3. The third-order valence-electron chi connectivity index (χ3n) is 7.52. The van der Waals surface area contributed by atoms with Gasteiger partial charge in [-0.25, -0.2) is 0 Å². The molecule has 2 aliphatic rings. The highest BCUT2D eigenvalue weighted by molar-refractivity contribution is 8.01. The van der Waals surface area contributed by atoms with Crippen LogP contribution in [0.5, 0.6) is 0 Å². The van der Waals surface area contributed by atoms with E-state index >= 15 is 0 Å². The number of anilines is 2. The number of carbonyl (C=O) groups is 2. The zero-order chi connectivity index (χ0) is 27.4. The highest BCUT2D eigenvalue weighted by Gasteiger charge is 2.39. The summed E-state index contributed by atoms with van der Waals surface area (Å²) in [5, 5.41) is 3.38. The maximum Gasteiger partial charge on any atom is 0.241 e. The van der Waals surface area contributed by atoms with E-state index in [0.717, 1.165) is 59.6 Å².